The van der Waals surface area contributed by atoms with E-state index in [9.17, 15) is 30.6 Å². The molecule has 0 aromatic carbocycles. The lowest BCUT2D eigenvalue weighted by atomic mass is 9.98. The maximum atomic E-state index is 9.96. The Balaban J connectivity index is 1.96. The second kappa shape index (κ2) is 8.97. The Kier molecular flexibility index (Phi) is 7.49. The zero-order valence-corrected chi connectivity index (χ0v) is 13.9. The molecule has 0 radical (unpaired) electrons. The van der Waals surface area contributed by atoms with E-state index in [0.29, 0.717) is 0 Å². The summed E-state index contributed by atoms with van der Waals surface area (Å²) in [5, 5.41) is 59.1. The summed E-state index contributed by atoms with van der Waals surface area (Å²) in [7, 11) is 2.64. The fourth-order valence-corrected chi connectivity index (χ4v) is 2.79. The molecule has 0 saturated carbocycles. The third kappa shape index (κ3) is 4.46. The van der Waals surface area contributed by atoms with Crippen molar-refractivity contribution >= 4 is 0 Å². The molecule has 2 aliphatic heterocycles. The van der Waals surface area contributed by atoms with E-state index in [0.717, 1.165) is 0 Å². The summed E-state index contributed by atoms with van der Waals surface area (Å²) in [6, 6.07) is 0. The minimum atomic E-state index is -1.54. The van der Waals surface area contributed by atoms with Gasteiger partial charge < -0.3 is 54.3 Å². The maximum Gasteiger partial charge on any atom is 0.186 e. The van der Waals surface area contributed by atoms with Gasteiger partial charge in [-0.1, -0.05) is 0 Å². The van der Waals surface area contributed by atoms with E-state index in [4.69, 9.17) is 23.7 Å². The number of hydrogen-bond donors (Lipinski definition) is 6. The van der Waals surface area contributed by atoms with Gasteiger partial charge in [0, 0.05) is 14.2 Å². The molecular weight excluding hydrogens is 344 g/mol. The van der Waals surface area contributed by atoms with Crippen LogP contribution < -0.4 is 0 Å². The fraction of sp³-hybridized carbons (Fsp3) is 1.00. The van der Waals surface area contributed by atoms with Crippen LogP contribution in [0.4, 0.5) is 0 Å². The lowest BCUT2D eigenvalue weighted by Crippen LogP contribution is -2.61. The van der Waals surface area contributed by atoms with Gasteiger partial charge in [0.25, 0.3) is 0 Å². The van der Waals surface area contributed by atoms with E-state index >= 15 is 0 Å². The summed E-state index contributed by atoms with van der Waals surface area (Å²) in [6.45, 7) is -0.376. The van der Waals surface area contributed by atoms with Gasteiger partial charge in [-0.2, -0.15) is 0 Å². The van der Waals surface area contributed by atoms with Crippen LogP contribution >= 0.6 is 0 Å². The van der Waals surface area contributed by atoms with Crippen LogP contribution in [-0.4, -0.2) is 119 Å². The van der Waals surface area contributed by atoms with E-state index in [-0.39, 0.29) is 13.2 Å². The molecule has 0 bridgehead atoms. The van der Waals surface area contributed by atoms with Crippen LogP contribution in [0.25, 0.3) is 0 Å². The molecular formula is C14H26O11. The SMILES string of the molecule is COCC1O[C@@H](OCC2O[C@H](OC)C(O)[C@@H](O)[C@@H]2O)C(O)[C@@H](O)[C@@H]1O. The van der Waals surface area contributed by atoms with Crippen molar-refractivity contribution in [3.05, 3.63) is 0 Å². The van der Waals surface area contributed by atoms with Gasteiger partial charge >= 0.3 is 0 Å². The zero-order chi connectivity index (χ0) is 18.7. The molecule has 0 aliphatic carbocycles. The van der Waals surface area contributed by atoms with Crippen LogP contribution in [0.2, 0.25) is 0 Å². The molecule has 11 nitrogen and oxygen atoms in total. The average molecular weight is 370 g/mol. The molecule has 0 aromatic rings. The Morgan fingerprint density at radius 1 is 0.640 bits per heavy atom. The Hall–Kier alpha value is -0.440. The van der Waals surface area contributed by atoms with Gasteiger partial charge in [0.15, 0.2) is 12.6 Å². The average Bonchev–Trinajstić information content (AvgIpc) is 2.60. The third-order valence-electron chi connectivity index (χ3n) is 4.33. The second-order valence-electron chi connectivity index (χ2n) is 6.05. The van der Waals surface area contributed by atoms with Gasteiger partial charge in [-0.25, -0.2) is 0 Å². The monoisotopic (exact) mass is 370 g/mol. The molecule has 0 spiro atoms. The number of ether oxygens (including phenoxy) is 5. The lowest BCUT2D eigenvalue weighted by Gasteiger charge is -2.42. The van der Waals surface area contributed by atoms with Crippen molar-refractivity contribution in [1.29, 1.82) is 0 Å². The largest absolute Gasteiger partial charge is 0.387 e. The van der Waals surface area contributed by atoms with E-state index in [1.807, 2.05) is 0 Å². The smallest absolute Gasteiger partial charge is 0.186 e. The molecule has 0 amide bonds. The molecule has 2 heterocycles. The normalized spacial score (nSPS) is 48.5. The van der Waals surface area contributed by atoms with Crippen LogP contribution in [0, 0.1) is 0 Å². The molecule has 10 atom stereocenters. The van der Waals surface area contributed by atoms with Crippen molar-refractivity contribution in [2.45, 2.75) is 61.4 Å². The predicted octanol–water partition coefficient (Wildman–Crippen LogP) is -4.09. The van der Waals surface area contributed by atoms with Crippen LogP contribution in [0.15, 0.2) is 0 Å². The van der Waals surface area contributed by atoms with E-state index in [1.54, 1.807) is 0 Å². The number of hydrogen-bond acceptors (Lipinski definition) is 11. The van der Waals surface area contributed by atoms with Crippen molar-refractivity contribution in [3.63, 3.8) is 0 Å². The topological polar surface area (TPSA) is 168 Å². The Labute approximate surface area is 144 Å². The van der Waals surface area contributed by atoms with Crippen LogP contribution in [0.5, 0.6) is 0 Å². The summed E-state index contributed by atoms with van der Waals surface area (Å²) in [5.41, 5.74) is 0. The Bertz CT molecular complexity index is 408. The first-order valence-electron chi connectivity index (χ1n) is 7.84. The number of aliphatic hydroxyl groups is 6. The molecule has 148 valence electrons. The van der Waals surface area contributed by atoms with Crippen molar-refractivity contribution in [2.24, 2.45) is 0 Å². The predicted molar refractivity (Wildman–Crippen MR) is 78.2 cm³/mol. The highest BCUT2D eigenvalue weighted by atomic mass is 16.7. The molecule has 0 aromatic heterocycles. The van der Waals surface area contributed by atoms with Gasteiger partial charge in [-0.3, -0.25) is 0 Å². The van der Waals surface area contributed by atoms with Gasteiger partial charge in [0.2, 0.25) is 0 Å². The highest BCUT2D eigenvalue weighted by Gasteiger charge is 2.47. The van der Waals surface area contributed by atoms with E-state index in [2.05, 4.69) is 0 Å². The number of rotatable bonds is 6. The van der Waals surface area contributed by atoms with Crippen molar-refractivity contribution in [3.8, 4) is 0 Å². The molecule has 2 fully saturated rings. The molecule has 11 heteroatoms. The third-order valence-corrected chi connectivity index (χ3v) is 4.33. The highest BCUT2D eigenvalue weighted by molar-refractivity contribution is 4.91. The summed E-state index contributed by atoms with van der Waals surface area (Å²) >= 11 is 0. The molecule has 25 heavy (non-hydrogen) atoms. The summed E-state index contributed by atoms with van der Waals surface area (Å²) in [4.78, 5) is 0. The number of aliphatic hydroxyl groups excluding tert-OH is 6. The first-order chi connectivity index (χ1) is 11.8. The van der Waals surface area contributed by atoms with Crippen molar-refractivity contribution < 1.29 is 54.3 Å². The van der Waals surface area contributed by atoms with Gasteiger partial charge in [-0.05, 0) is 0 Å². The molecule has 4 unspecified atom stereocenters. The summed E-state index contributed by atoms with van der Waals surface area (Å²) < 4.78 is 25.8. The second-order valence-corrected chi connectivity index (χ2v) is 6.05. The lowest BCUT2D eigenvalue weighted by molar-refractivity contribution is -0.328. The highest BCUT2D eigenvalue weighted by Crippen LogP contribution is 2.25. The van der Waals surface area contributed by atoms with Crippen LogP contribution in [0.3, 0.4) is 0 Å². The Morgan fingerprint density at radius 2 is 1.12 bits per heavy atom. The van der Waals surface area contributed by atoms with Crippen LogP contribution in [-0.2, 0) is 23.7 Å². The molecule has 2 aliphatic rings. The van der Waals surface area contributed by atoms with Crippen molar-refractivity contribution in [1.82, 2.24) is 0 Å². The van der Waals surface area contributed by atoms with Gasteiger partial charge in [0.1, 0.15) is 48.8 Å². The number of methoxy groups -OCH3 is 2. The fourth-order valence-electron chi connectivity index (χ4n) is 2.79. The molecule has 2 saturated heterocycles. The van der Waals surface area contributed by atoms with Crippen molar-refractivity contribution in [2.75, 3.05) is 27.4 Å². The van der Waals surface area contributed by atoms with E-state index in [1.165, 1.54) is 14.2 Å². The van der Waals surface area contributed by atoms with Gasteiger partial charge in [0.05, 0.1) is 13.2 Å². The summed E-state index contributed by atoms with van der Waals surface area (Å²) in [6.07, 6.45) is -13.3. The Morgan fingerprint density at radius 3 is 1.64 bits per heavy atom. The van der Waals surface area contributed by atoms with Crippen LogP contribution in [0.1, 0.15) is 0 Å². The standard InChI is InChI=1S/C14H26O11/c1-21-3-5-7(15)10(18)12(20)14(25-5)23-4-6-8(16)9(17)11(19)13(22-2)24-6/h5-20H,3-4H2,1-2H3/t5?,6?,7-,8-,9+,10+,11?,12?,13+,14-/m1/s1. The first-order valence-corrected chi connectivity index (χ1v) is 7.84. The quantitative estimate of drug-likeness (QED) is 0.269. The minimum absolute atomic E-state index is 0.0377. The molecule has 6 N–H and O–H groups in total. The maximum absolute atomic E-state index is 9.96. The molecule has 2 rings (SSSR count). The zero-order valence-electron chi connectivity index (χ0n) is 13.9. The first kappa shape index (κ1) is 20.9. The summed E-state index contributed by atoms with van der Waals surface area (Å²) in [5.74, 6) is 0. The minimum Gasteiger partial charge on any atom is -0.387 e. The van der Waals surface area contributed by atoms with Gasteiger partial charge in [-0.15, -0.1) is 0 Å². The van der Waals surface area contributed by atoms with E-state index < -0.39 is 61.4 Å².